The highest BCUT2D eigenvalue weighted by atomic mass is 15.1. The van der Waals surface area contributed by atoms with Crippen molar-refractivity contribution < 1.29 is 0 Å². The van der Waals surface area contributed by atoms with E-state index in [1.807, 2.05) is 18.2 Å². The average molecular weight is 251 g/mol. The summed E-state index contributed by atoms with van der Waals surface area (Å²) >= 11 is 0. The van der Waals surface area contributed by atoms with Gasteiger partial charge in [-0.1, -0.05) is 30.3 Å². The molecule has 0 unspecified atom stereocenters. The van der Waals surface area contributed by atoms with Gasteiger partial charge in [0.2, 0.25) is 5.95 Å². The highest BCUT2D eigenvalue weighted by Gasteiger charge is 2.06. The fraction of sp³-hybridized carbons (Fsp3) is 0.0714. The van der Waals surface area contributed by atoms with Crippen molar-refractivity contribution in [1.82, 2.24) is 19.9 Å². The average Bonchev–Trinajstić information content (AvgIpc) is 2.83. The monoisotopic (exact) mass is 251 g/mol. The van der Waals surface area contributed by atoms with Crippen molar-refractivity contribution in [2.75, 3.05) is 5.73 Å². The number of hydrogen-bond donors (Lipinski definition) is 2. The Morgan fingerprint density at radius 1 is 1.21 bits per heavy atom. The van der Waals surface area contributed by atoms with Crippen LogP contribution in [0, 0.1) is 0 Å². The first-order valence-corrected chi connectivity index (χ1v) is 5.95. The van der Waals surface area contributed by atoms with Crippen LogP contribution in [0.3, 0.4) is 0 Å². The molecule has 3 rings (SSSR count). The maximum atomic E-state index is 5.54. The van der Waals surface area contributed by atoms with Crippen molar-refractivity contribution in [2.24, 2.45) is 0 Å². The van der Waals surface area contributed by atoms with Gasteiger partial charge in [-0.05, 0) is 12.0 Å². The molecule has 0 aliphatic carbocycles. The molecular weight excluding hydrogens is 238 g/mol. The molecule has 0 saturated heterocycles. The molecule has 0 spiro atoms. The molecule has 2 heterocycles. The van der Waals surface area contributed by atoms with Gasteiger partial charge >= 0.3 is 0 Å². The highest BCUT2D eigenvalue weighted by Crippen LogP contribution is 2.20. The zero-order chi connectivity index (χ0) is 13.2. The minimum atomic E-state index is 0.229. The molecule has 0 fully saturated rings. The molecule has 5 heteroatoms. The lowest BCUT2D eigenvalue weighted by atomic mass is 10.1. The van der Waals surface area contributed by atoms with E-state index in [1.165, 1.54) is 5.56 Å². The van der Waals surface area contributed by atoms with Crippen LogP contribution in [0.15, 0.2) is 43.1 Å². The molecule has 0 atom stereocenters. The second-order valence-corrected chi connectivity index (χ2v) is 4.24. The number of nitrogen functional groups attached to an aromatic ring is 1. The molecule has 0 saturated carbocycles. The van der Waals surface area contributed by atoms with Gasteiger partial charge < -0.3 is 10.7 Å². The highest BCUT2D eigenvalue weighted by molar-refractivity contribution is 5.75. The van der Waals surface area contributed by atoms with Gasteiger partial charge in [0.1, 0.15) is 11.3 Å². The lowest BCUT2D eigenvalue weighted by Gasteiger charge is -1.99. The van der Waals surface area contributed by atoms with Crippen LogP contribution < -0.4 is 5.73 Å². The van der Waals surface area contributed by atoms with Crippen molar-refractivity contribution in [3.05, 3.63) is 48.7 Å². The number of nitrogens with two attached hydrogens (primary N) is 1. The van der Waals surface area contributed by atoms with E-state index in [2.05, 4.69) is 38.6 Å². The third-order valence-corrected chi connectivity index (χ3v) is 2.87. The molecule has 3 aromatic rings. The number of aromatic nitrogens is 4. The van der Waals surface area contributed by atoms with Crippen LogP contribution in [0.1, 0.15) is 5.56 Å². The second-order valence-electron chi connectivity index (χ2n) is 4.24. The fourth-order valence-electron chi connectivity index (χ4n) is 1.92. The number of allylic oxidation sites excluding steroid dienone is 1. The normalized spacial score (nSPS) is 10.7. The van der Waals surface area contributed by atoms with Crippen LogP contribution in [0.4, 0.5) is 5.95 Å². The van der Waals surface area contributed by atoms with Crippen LogP contribution in [-0.2, 0) is 6.42 Å². The summed E-state index contributed by atoms with van der Waals surface area (Å²) in [5.74, 6) is 0.993. The van der Waals surface area contributed by atoms with Gasteiger partial charge in [-0.15, -0.1) is 6.58 Å². The number of nitrogens with zero attached hydrogens (tertiary/aromatic N) is 3. The zero-order valence-electron chi connectivity index (χ0n) is 10.3. The Balaban J connectivity index is 2.01. The SMILES string of the molecule is C=CCc1ccc(-c2nc3nc(N)ncc3[nH]2)cc1. The third kappa shape index (κ3) is 2.18. The van der Waals surface area contributed by atoms with E-state index in [0.29, 0.717) is 5.65 Å². The van der Waals surface area contributed by atoms with Crippen LogP contribution >= 0.6 is 0 Å². The lowest BCUT2D eigenvalue weighted by molar-refractivity contribution is 1.22. The number of fused-ring (bicyclic) bond motifs is 1. The van der Waals surface area contributed by atoms with Crippen LogP contribution in [0.25, 0.3) is 22.6 Å². The lowest BCUT2D eigenvalue weighted by Crippen LogP contribution is -1.93. The number of hydrogen-bond acceptors (Lipinski definition) is 4. The summed E-state index contributed by atoms with van der Waals surface area (Å²) in [5.41, 5.74) is 9.12. The maximum Gasteiger partial charge on any atom is 0.222 e. The Morgan fingerprint density at radius 2 is 2.00 bits per heavy atom. The van der Waals surface area contributed by atoms with E-state index in [1.54, 1.807) is 6.20 Å². The summed E-state index contributed by atoms with van der Waals surface area (Å²) in [6, 6.07) is 8.16. The molecule has 0 amide bonds. The van der Waals surface area contributed by atoms with E-state index in [0.717, 1.165) is 23.3 Å². The summed E-state index contributed by atoms with van der Waals surface area (Å²) in [6.07, 6.45) is 4.39. The molecule has 2 aromatic heterocycles. The van der Waals surface area contributed by atoms with Gasteiger partial charge in [0, 0.05) is 5.56 Å². The number of anilines is 1. The number of H-pyrrole nitrogens is 1. The summed E-state index contributed by atoms with van der Waals surface area (Å²) in [6.45, 7) is 3.73. The molecule has 0 bridgehead atoms. The Bertz CT molecular complexity index is 727. The second kappa shape index (κ2) is 4.53. The Labute approximate surface area is 110 Å². The van der Waals surface area contributed by atoms with Gasteiger partial charge in [0.25, 0.3) is 0 Å². The number of benzene rings is 1. The smallest absolute Gasteiger partial charge is 0.222 e. The number of rotatable bonds is 3. The van der Waals surface area contributed by atoms with E-state index < -0.39 is 0 Å². The van der Waals surface area contributed by atoms with Crippen molar-refractivity contribution >= 4 is 17.1 Å². The van der Waals surface area contributed by atoms with E-state index >= 15 is 0 Å². The molecule has 5 nitrogen and oxygen atoms in total. The molecule has 19 heavy (non-hydrogen) atoms. The number of aromatic amines is 1. The predicted molar refractivity (Wildman–Crippen MR) is 75.4 cm³/mol. The summed E-state index contributed by atoms with van der Waals surface area (Å²) in [5, 5.41) is 0. The zero-order valence-corrected chi connectivity index (χ0v) is 10.3. The van der Waals surface area contributed by atoms with Crippen molar-refractivity contribution in [3.63, 3.8) is 0 Å². The molecule has 1 aromatic carbocycles. The molecule has 0 aliphatic heterocycles. The van der Waals surface area contributed by atoms with Crippen LogP contribution in [0.5, 0.6) is 0 Å². The van der Waals surface area contributed by atoms with Crippen molar-refractivity contribution in [2.45, 2.75) is 6.42 Å². The minimum absolute atomic E-state index is 0.229. The Morgan fingerprint density at radius 3 is 2.74 bits per heavy atom. The van der Waals surface area contributed by atoms with Gasteiger partial charge in [-0.2, -0.15) is 4.98 Å². The van der Waals surface area contributed by atoms with Gasteiger partial charge in [-0.25, -0.2) is 9.97 Å². The molecule has 3 N–H and O–H groups in total. The first-order valence-electron chi connectivity index (χ1n) is 5.95. The van der Waals surface area contributed by atoms with E-state index in [-0.39, 0.29) is 5.95 Å². The van der Waals surface area contributed by atoms with Gasteiger partial charge in [0.05, 0.1) is 6.20 Å². The van der Waals surface area contributed by atoms with Crippen LogP contribution in [0.2, 0.25) is 0 Å². The molecule has 0 aliphatic rings. The van der Waals surface area contributed by atoms with Crippen molar-refractivity contribution in [3.8, 4) is 11.4 Å². The predicted octanol–water partition coefficient (Wildman–Crippen LogP) is 2.33. The van der Waals surface area contributed by atoms with Gasteiger partial charge in [-0.3, -0.25) is 0 Å². The van der Waals surface area contributed by atoms with Crippen molar-refractivity contribution in [1.29, 1.82) is 0 Å². The summed E-state index contributed by atoms with van der Waals surface area (Å²) < 4.78 is 0. The third-order valence-electron chi connectivity index (χ3n) is 2.87. The first kappa shape index (κ1) is 11.4. The van der Waals surface area contributed by atoms with E-state index in [4.69, 9.17) is 5.73 Å². The molecule has 0 radical (unpaired) electrons. The quantitative estimate of drug-likeness (QED) is 0.700. The van der Waals surface area contributed by atoms with Gasteiger partial charge in [0.15, 0.2) is 5.65 Å². The Kier molecular flexibility index (Phi) is 2.72. The first-order chi connectivity index (χ1) is 9.26. The summed E-state index contributed by atoms with van der Waals surface area (Å²) in [7, 11) is 0. The largest absolute Gasteiger partial charge is 0.368 e. The van der Waals surface area contributed by atoms with E-state index in [9.17, 15) is 0 Å². The topological polar surface area (TPSA) is 80.5 Å². The fourth-order valence-corrected chi connectivity index (χ4v) is 1.92. The summed E-state index contributed by atoms with van der Waals surface area (Å²) in [4.78, 5) is 15.6. The molecular formula is C14H13N5. The maximum absolute atomic E-state index is 5.54. The number of imidazole rings is 1. The minimum Gasteiger partial charge on any atom is -0.368 e. The molecule has 94 valence electrons. The standard InChI is InChI=1S/C14H13N5/c1-2-3-9-4-6-10(7-5-9)12-17-11-8-16-14(15)19-13(11)18-12/h2,4-8H,1,3H2,(H3,15,16,17,18,19). The van der Waals surface area contributed by atoms with Crippen LogP contribution in [-0.4, -0.2) is 19.9 Å². The number of nitrogens with one attached hydrogen (secondary N) is 1. The Hall–Kier alpha value is -2.69.